The first-order chi connectivity index (χ1) is 8.31. The van der Waals surface area contributed by atoms with Crippen LogP contribution < -0.4 is 4.74 Å². The van der Waals surface area contributed by atoms with E-state index in [0.717, 1.165) is 5.75 Å². The Morgan fingerprint density at radius 2 is 1.65 bits per heavy atom. The van der Waals surface area contributed by atoms with E-state index in [-0.39, 0.29) is 5.82 Å². The Kier molecular flexibility index (Phi) is 2.56. The molecule has 1 nitrogen and oxygen atoms in total. The molecule has 0 aromatic heterocycles. The highest BCUT2D eigenvalue weighted by Crippen LogP contribution is 2.40. The molecule has 17 heavy (non-hydrogen) atoms. The first kappa shape index (κ1) is 10.3. The average molecular weight is 227 g/mol. The first-order valence-electron chi connectivity index (χ1n) is 5.70. The monoisotopic (exact) mass is 227 g/mol. The average Bonchev–Trinajstić information content (AvgIpc) is 3.17. The summed E-state index contributed by atoms with van der Waals surface area (Å²) in [4.78, 5) is 0. The first-order valence-corrected chi connectivity index (χ1v) is 5.70. The van der Waals surface area contributed by atoms with Gasteiger partial charge in [0, 0.05) is 5.92 Å². The number of benzene rings is 2. The van der Waals surface area contributed by atoms with E-state index in [1.807, 2.05) is 18.2 Å². The van der Waals surface area contributed by atoms with E-state index in [4.69, 9.17) is 4.74 Å². The minimum Gasteiger partial charge on any atom is -0.457 e. The fraction of sp³-hybridized carbons (Fsp3) is 0.133. The molecule has 1 aliphatic rings. The zero-order chi connectivity index (χ0) is 11.7. The number of halogens is 1. The molecule has 1 aliphatic carbocycles. The summed E-state index contributed by atoms with van der Waals surface area (Å²) in [6, 6.07) is 14.1. The maximum atomic E-state index is 12.7. The standard InChI is InChI=1S/C15H12FO/c16-13-6-8-14(9-7-13)17-15-3-1-2-12(10-15)11-4-5-11/h1-3,6-10H,4-5H2. The van der Waals surface area contributed by atoms with E-state index in [9.17, 15) is 4.39 Å². The molecule has 0 unspecified atom stereocenters. The van der Waals surface area contributed by atoms with Crippen molar-refractivity contribution in [2.75, 3.05) is 0 Å². The summed E-state index contributed by atoms with van der Waals surface area (Å²) in [5, 5.41) is 0. The van der Waals surface area contributed by atoms with Crippen LogP contribution >= 0.6 is 0 Å². The van der Waals surface area contributed by atoms with Gasteiger partial charge in [0.05, 0.1) is 0 Å². The third-order valence-corrected chi connectivity index (χ3v) is 2.79. The van der Waals surface area contributed by atoms with E-state index in [1.54, 1.807) is 12.1 Å². The smallest absolute Gasteiger partial charge is 0.127 e. The molecular formula is C15H12FO. The van der Waals surface area contributed by atoms with Crippen LogP contribution in [0.25, 0.3) is 0 Å². The van der Waals surface area contributed by atoms with Gasteiger partial charge in [-0.05, 0) is 54.8 Å². The van der Waals surface area contributed by atoms with Gasteiger partial charge < -0.3 is 4.74 Å². The summed E-state index contributed by atoms with van der Waals surface area (Å²) < 4.78 is 18.4. The third-order valence-electron chi connectivity index (χ3n) is 2.79. The topological polar surface area (TPSA) is 9.23 Å². The van der Waals surface area contributed by atoms with Crippen LogP contribution in [0.1, 0.15) is 18.4 Å². The summed E-state index contributed by atoms with van der Waals surface area (Å²) in [6.07, 6.45) is 2.39. The number of ether oxygens (including phenoxy) is 1. The summed E-state index contributed by atoms with van der Waals surface area (Å²) in [5.41, 5.74) is 1.25. The predicted molar refractivity (Wildman–Crippen MR) is 64.5 cm³/mol. The highest BCUT2D eigenvalue weighted by atomic mass is 19.1. The van der Waals surface area contributed by atoms with Crippen LogP contribution in [0.3, 0.4) is 0 Å². The van der Waals surface area contributed by atoms with Crippen molar-refractivity contribution in [1.29, 1.82) is 0 Å². The SMILES string of the molecule is Fc1ccc(Oc2cccc([C]3CC3)c2)cc1. The summed E-state index contributed by atoms with van der Waals surface area (Å²) in [7, 11) is 0. The lowest BCUT2D eigenvalue weighted by Crippen LogP contribution is -1.86. The van der Waals surface area contributed by atoms with Crippen LogP contribution in [0, 0.1) is 11.7 Å². The molecule has 3 rings (SSSR count). The molecule has 1 saturated carbocycles. The molecule has 1 fully saturated rings. The Balaban J connectivity index is 1.79. The molecule has 0 bridgehead atoms. The minimum atomic E-state index is -0.250. The zero-order valence-corrected chi connectivity index (χ0v) is 9.32. The predicted octanol–water partition coefficient (Wildman–Crippen LogP) is 4.33. The van der Waals surface area contributed by atoms with Crippen molar-refractivity contribution in [3.05, 3.63) is 65.8 Å². The molecule has 0 heterocycles. The molecule has 0 atom stereocenters. The van der Waals surface area contributed by atoms with Crippen molar-refractivity contribution in [2.24, 2.45) is 0 Å². The van der Waals surface area contributed by atoms with Gasteiger partial charge in [-0.2, -0.15) is 0 Å². The van der Waals surface area contributed by atoms with E-state index in [1.165, 1.54) is 36.5 Å². The van der Waals surface area contributed by atoms with Crippen molar-refractivity contribution in [3.63, 3.8) is 0 Å². The van der Waals surface area contributed by atoms with E-state index in [0.29, 0.717) is 5.75 Å². The lowest BCUT2D eigenvalue weighted by molar-refractivity contribution is 0.480. The number of hydrogen-bond acceptors (Lipinski definition) is 1. The fourth-order valence-corrected chi connectivity index (χ4v) is 1.77. The maximum absolute atomic E-state index is 12.7. The largest absolute Gasteiger partial charge is 0.457 e. The molecule has 0 saturated heterocycles. The summed E-state index contributed by atoms with van der Waals surface area (Å²) >= 11 is 0. The van der Waals surface area contributed by atoms with E-state index >= 15 is 0 Å². The van der Waals surface area contributed by atoms with Gasteiger partial charge in [-0.1, -0.05) is 12.1 Å². The Morgan fingerprint density at radius 1 is 0.882 bits per heavy atom. The second-order valence-electron chi connectivity index (χ2n) is 4.19. The maximum Gasteiger partial charge on any atom is 0.127 e. The van der Waals surface area contributed by atoms with Crippen LogP contribution in [0.5, 0.6) is 11.5 Å². The zero-order valence-electron chi connectivity index (χ0n) is 9.32. The molecule has 0 N–H and O–H groups in total. The second kappa shape index (κ2) is 4.21. The van der Waals surface area contributed by atoms with Crippen LogP contribution in [0.2, 0.25) is 0 Å². The molecular weight excluding hydrogens is 215 g/mol. The van der Waals surface area contributed by atoms with Gasteiger partial charge in [-0.3, -0.25) is 0 Å². The Labute approximate surface area is 99.9 Å². The molecule has 85 valence electrons. The Morgan fingerprint density at radius 3 is 2.35 bits per heavy atom. The molecule has 0 amide bonds. The summed E-state index contributed by atoms with van der Waals surface area (Å²) in [5.74, 6) is 2.69. The molecule has 1 radical (unpaired) electrons. The van der Waals surface area contributed by atoms with Gasteiger partial charge >= 0.3 is 0 Å². The van der Waals surface area contributed by atoms with Crippen LogP contribution in [0.4, 0.5) is 4.39 Å². The quantitative estimate of drug-likeness (QED) is 0.758. The van der Waals surface area contributed by atoms with E-state index in [2.05, 4.69) is 6.07 Å². The van der Waals surface area contributed by atoms with Gasteiger partial charge in [0.25, 0.3) is 0 Å². The van der Waals surface area contributed by atoms with Crippen molar-refractivity contribution in [1.82, 2.24) is 0 Å². The normalized spacial score (nSPS) is 14.6. The third kappa shape index (κ3) is 2.47. The number of rotatable bonds is 3. The molecule has 2 aromatic carbocycles. The number of hydrogen-bond donors (Lipinski definition) is 0. The van der Waals surface area contributed by atoms with Gasteiger partial charge in [0.1, 0.15) is 17.3 Å². The van der Waals surface area contributed by atoms with E-state index < -0.39 is 0 Å². The van der Waals surface area contributed by atoms with Crippen LogP contribution in [0.15, 0.2) is 48.5 Å². The van der Waals surface area contributed by atoms with Gasteiger partial charge in [-0.15, -0.1) is 0 Å². The van der Waals surface area contributed by atoms with Crippen molar-refractivity contribution in [3.8, 4) is 11.5 Å². The lowest BCUT2D eigenvalue weighted by Gasteiger charge is -2.07. The van der Waals surface area contributed by atoms with Gasteiger partial charge in [-0.25, -0.2) is 4.39 Å². The van der Waals surface area contributed by atoms with Crippen molar-refractivity contribution in [2.45, 2.75) is 12.8 Å². The molecule has 2 heteroatoms. The van der Waals surface area contributed by atoms with Crippen molar-refractivity contribution >= 4 is 0 Å². The minimum absolute atomic E-state index is 0.250. The van der Waals surface area contributed by atoms with Gasteiger partial charge in [0.2, 0.25) is 0 Å². The Bertz CT molecular complexity index is 515. The highest BCUT2D eigenvalue weighted by Gasteiger charge is 2.24. The summed E-state index contributed by atoms with van der Waals surface area (Å²) in [6.45, 7) is 0. The molecule has 2 aromatic rings. The van der Waals surface area contributed by atoms with Crippen LogP contribution in [-0.4, -0.2) is 0 Å². The van der Waals surface area contributed by atoms with Crippen LogP contribution in [-0.2, 0) is 0 Å². The lowest BCUT2D eigenvalue weighted by atomic mass is 10.1. The van der Waals surface area contributed by atoms with Crippen molar-refractivity contribution < 1.29 is 9.13 Å². The highest BCUT2D eigenvalue weighted by molar-refractivity contribution is 5.43. The molecule has 0 spiro atoms. The van der Waals surface area contributed by atoms with Gasteiger partial charge in [0.15, 0.2) is 0 Å². The second-order valence-corrected chi connectivity index (χ2v) is 4.19. The Hall–Kier alpha value is -1.83. The fourth-order valence-electron chi connectivity index (χ4n) is 1.77. The molecule has 0 aliphatic heterocycles.